The first-order chi connectivity index (χ1) is 31.2. The molecule has 0 atom stereocenters. The highest BCUT2D eigenvalue weighted by Gasteiger charge is 2.20. The maximum atomic E-state index is 2.37. The average molecular weight is 802 g/mol. The van der Waals surface area contributed by atoms with Gasteiger partial charge in [0.25, 0.3) is 0 Å². The Kier molecular flexibility index (Phi) is 9.97. The molecule has 0 aliphatic carbocycles. The quantitative estimate of drug-likeness (QED) is 0.131. The Labute approximate surface area is 369 Å². The van der Waals surface area contributed by atoms with Crippen LogP contribution in [0.1, 0.15) is 0 Å². The highest BCUT2D eigenvalue weighted by atomic mass is 15.1. The average Bonchev–Trinajstić information content (AvgIpc) is 3.37. The van der Waals surface area contributed by atoms with Gasteiger partial charge in [0.05, 0.1) is 0 Å². The van der Waals surface area contributed by atoms with Crippen molar-refractivity contribution in [3.05, 3.63) is 261 Å². The van der Waals surface area contributed by atoms with Gasteiger partial charge >= 0.3 is 0 Å². The molecule has 11 rings (SSSR count). The minimum Gasteiger partial charge on any atom is -0.310 e. The zero-order valence-corrected chi connectivity index (χ0v) is 34.8. The summed E-state index contributed by atoms with van der Waals surface area (Å²) < 4.78 is 0. The standard InChI is InChI=1S/C62H43N/c1-5-18-44(19-6-1)52-42-60(47-20-7-2-8-21-47)62(61(43-52)48-22-9-3-10-23-48)51-25-17-28-55(40-51)63(53-26-11-4-12-27-53)54-38-36-46(37-39-54)45-32-34-49(35-33-45)59-41-50-24-13-14-29-56(50)57-30-15-16-31-58(57)59/h1-43H. The van der Waals surface area contributed by atoms with E-state index in [0.717, 1.165) is 22.6 Å². The lowest BCUT2D eigenvalue weighted by Gasteiger charge is -2.27. The van der Waals surface area contributed by atoms with Gasteiger partial charge in [-0.05, 0) is 143 Å². The predicted octanol–water partition coefficient (Wildman–Crippen LogP) is 17.5. The largest absolute Gasteiger partial charge is 0.310 e. The molecule has 63 heavy (non-hydrogen) atoms. The van der Waals surface area contributed by atoms with E-state index >= 15 is 0 Å². The molecule has 0 N–H and O–H groups in total. The van der Waals surface area contributed by atoms with Crippen LogP contribution >= 0.6 is 0 Å². The van der Waals surface area contributed by atoms with Crippen LogP contribution in [0.2, 0.25) is 0 Å². The molecular formula is C62H43N. The van der Waals surface area contributed by atoms with Gasteiger partial charge in [-0.2, -0.15) is 0 Å². The summed E-state index contributed by atoms with van der Waals surface area (Å²) in [6.07, 6.45) is 0. The SMILES string of the molecule is c1ccc(-c2cc(-c3ccccc3)c(-c3cccc(N(c4ccccc4)c4ccc(-c5ccc(-c6cc7ccccc7c7ccccc67)cc5)cc4)c3)c(-c3ccccc3)c2)cc1. The molecule has 0 spiro atoms. The molecule has 0 aromatic heterocycles. The lowest BCUT2D eigenvalue weighted by Crippen LogP contribution is -2.10. The molecule has 296 valence electrons. The Morgan fingerprint density at radius 3 is 1.24 bits per heavy atom. The topological polar surface area (TPSA) is 3.24 Å². The monoisotopic (exact) mass is 801 g/mol. The smallest absolute Gasteiger partial charge is 0.0467 e. The van der Waals surface area contributed by atoms with Gasteiger partial charge in [0.1, 0.15) is 0 Å². The van der Waals surface area contributed by atoms with E-state index in [9.17, 15) is 0 Å². The first-order valence-electron chi connectivity index (χ1n) is 21.7. The number of hydrogen-bond donors (Lipinski definition) is 0. The predicted molar refractivity (Wildman–Crippen MR) is 269 cm³/mol. The molecule has 0 aliphatic heterocycles. The van der Waals surface area contributed by atoms with Gasteiger partial charge in [0.15, 0.2) is 0 Å². The Morgan fingerprint density at radius 2 is 0.619 bits per heavy atom. The van der Waals surface area contributed by atoms with E-state index in [2.05, 4.69) is 266 Å². The molecule has 0 aliphatic rings. The number of anilines is 3. The van der Waals surface area contributed by atoms with Gasteiger partial charge in [-0.1, -0.05) is 206 Å². The van der Waals surface area contributed by atoms with Crippen molar-refractivity contribution in [2.24, 2.45) is 0 Å². The molecule has 1 nitrogen and oxygen atoms in total. The summed E-state index contributed by atoms with van der Waals surface area (Å²) >= 11 is 0. The molecule has 1 heteroatoms. The summed E-state index contributed by atoms with van der Waals surface area (Å²) in [5.74, 6) is 0. The maximum Gasteiger partial charge on any atom is 0.0467 e. The van der Waals surface area contributed by atoms with Crippen molar-refractivity contribution in [3.63, 3.8) is 0 Å². The highest BCUT2D eigenvalue weighted by Crippen LogP contribution is 2.46. The number of benzene rings is 11. The number of para-hydroxylation sites is 1. The zero-order valence-electron chi connectivity index (χ0n) is 34.8. The molecule has 0 saturated carbocycles. The maximum absolute atomic E-state index is 2.37. The van der Waals surface area contributed by atoms with Crippen LogP contribution in [0.25, 0.3) is 88.3 Å². The minimum atomic E-state index is 1.09. The molecule has 0 unspecified atom stereocenters. The van der Waals surface area contributed by atoms with Crippen LogP contribution in [0, 0.1) is 0 Å². The molecule has 0 fully saturated rings. The van der Waals surface area contributed by atoms with Gasteiger partial charge in [0.2, 0.25) is 0 Å². The van der Waals surface area contributed by atoms with Crippen molar-refractivity contribution >= 4 is 38.6 Å². The third-order valence-corrected chi connectivity index (χ3v) is 12.2. The number of rotatable bonds is 9. The van der Waals surface area contributed by atoms with E-state index in [1.807, 2.05) is 0 Å². The fourth-order valence-electron chi connectivity index (χ4n) is 9.20. The molecule has 0 amide bonds. The number of hydrogen-bond acceptors (Lipinski definition) is 1. The van der Waals surface area contributed by atoms with E-state index in [-0.39, 0.29) is 0 Å². The van der Waals surface area contributed by atoms with Gasteiger partial charge in [-0.15, -0.1) is 0 Å². The van der Waals surface area contributed by atoms with Crippen LogP contribution in [-0.2, 0) is 0 Å². The Balaban J connectivity index is 0.995. The highest BCUT2D eigenvalue weighted by molar-refractivity contribution is 6.13. The second kappa shape index (κ2) is 16.7. The van der Waals surface area contributed by atoms with E-state index in [4.69, 9.17) is 0 Å². The lowest BCUT2D eigenvalue weighted by molar-refractivity contribution is 1.28. The second-order valence-electron chi connectivity index (χ2n) is 16.1. The zero-order chi connectivity index (χ0) is 42.0. The number of nitrogens with zero attached hydrogens (tertiary/aromatic N) is 1. The minimum absolute atomic E-state index is 1.09. The van der Waals surface area contributed by atoms with Crippen LogP contribution in [0.5, 0.6) is 0 Å². The van der Waals surface area contributed by atoms with Crippen LogP contribution in [0.3, 0.4) is 0 Å². The molecule has 0 bridgehead atoms. The third kappa shape index (κ3) is 7.37. The summed E-state index contributed by atoms with van der Waals surface area (Å²) in [6.45, 7) is 0. The summed E-state index contributed by atoms with van der Waals surface area (Å²) in [5.41, 5.74) is 17.6. The Hall–Kier alpha value is -8.26. The molecule has 0 heterocycles. The van der Waals surface area contributed by atoms with Gasteiger partial charge in [-0.3, -0.25) is 0 Å². The van der Waals surface area contributed by atoms with Crippen molar-refractivity contribution in [1.82, 2.24) is 0 Å². The van der Waals surface area contributed by atoms with Crippen molar-refractivity contribution in [1.29, 1.82) is 0 Å². The van der Waals surface area contributed by atoms with E-state index in [1.54, 1.807) is 0 Å². The van der Waals surface area contributed by atoms with Gasteiger partial charge in [0, 0.05) is 17.1 Å². The molecule has 0 saturated heterocycles. The second-order valence-corrected chi connectivity index (χ2v) is 16.1. The van der Waals surface area contributed by atoms with E-state index in [1.165, 1.54) is 82.7 Å². The fourth-order valence-corrected chi connectivity index (χ4v) is 9.20. The Bertz CT molecular complexity index is 3280. The lowest BCUT2D eigenvalue weighted by atomic mass is 9.84. The van der Waals surface area contributed by atoms with Crippen LogP contribution in [0.4, 0.5) is 17.1 Å². The first kappa shape index (κ1) is 37.7. The van der Waals surface area contributed by atoms with Crippen LogP contribution in [0.15, 0.2) is 261 Å². The van der Waals surface area contributed by atoms with Gasteiger partial charge in [-0.25, -0.2) is 0 Å². The van der Waals surface area contributed by atoms with Crippen molar-refractivity contribution in [3.8, 4) is 66.8 Å². The normalized spacial score (nSPS) is 11.2. The first-order valence-corrected chi connectivity index (χ1v) is 21.7. The Morgan fingerprint density at radius 1 is 0.206 bits per heavy atom. The van der Waals surface area contributed by atoms with Gasteiger partial charge < -0.3 is 4.90 Å². The van der Waals surface area contributed by atoms with E-state index in [0.29, 0.717) is 0 Å². The van der Waals surface area contributed by atoms with E-state index < -0.39 is 0 Å². The summed E-state index contributed by atoms with van der Waals surface area (Å²) in [4.78, 5) is 2.37. The summed E-state index contributed by atoms with van der Waals surface area (Å²) in [7, 11) is 0. The summed E-state index contributed by atoms with van der Waals surface area (Å²) in [6, 6.07) is 94.6. The molecule has 11 aromatic carbocycles. The van der Waals surface area contributed by atoms with Crippen molar-refractivity contribution < 1.29 is 0 Å². The molecule has 11 aromatic rings. The van der Waals surface area contributed by atoms with Crippen molar-refractivity contribution in [2.45, 2.75) is 0 Å². The van der Waals surface area contributed by atoms with Crippen LogP contribution < -0.4 is 4.90 Å². The third-order valence-electron chi connectivity index (χ3n) is 12.2. The number of fused-ring (bicyclic) bond motifs is 3. The van der Waals surface area contributed by atoms with Crippen LogP contribution in [-0.4, -0.2) is 0 Å². The fraction of sp³-hybridized carbons (Fsp3) is 0. The molecular weight excluding hydrogens is 759 g/mol. The summed E-state index contributed by atoms with van der Waals surface area (Å²) in [5, 5.41) is 5.10. The molecule has 0 radical (unpaired) electrons. The van der Waals surface area contributed by atoms with Crippen molar-refractivity contribution in [2.75, 3.05) is 4.90 Å².